The first-order valence-corrected chi connectivity index (χ1v) is 7.06. The largest absolute Gasteiger partial charge is 0.506 e. The Labute approximate surface area is 125 Å². The van der Waals surface area contributed by atoms with Crippen LogP contribution in [0.2, 0.25) is 0 Å². The van der Waals surface area contributed by atoms with Gasteiger partial charge in [0.25, 0.3) is 5.91 Å². The third-order valence-electron chi connectivity index (χ3n) is 2.82. The van der Waals surface area contributed by atoms with Crippen LogP contribution in [0, 0.1) is 6.92 Å². The van der Waals surface area contributed by atoms with Crippen molar-refractivity contribution in [1.82, 2.24) is 5.32 Å². The fraction of sp³-hybridized carbons (Fsp3) is 0.0667. The molecule has 1 fully saturated rings. The highest BCUT2D eigenvalue weighted by Gasteiger charge is 2.24. The average molecular weight is 300 g/mol. The summed E-state index contributed by atoms with van der Waals surface area (Å²) in [7, 11) is 0. The molecule has 1 aromatic carbocycles. The highest BCUT2D eigenvalue weighted by Crippen LogP contribution is 2.32. The Morgan fingerprint density at radius 3 is 2.95 bits per heavy atom. The van der Waals surface area contributed by atoms with Gasteiger partial charge in [0.05, 0.1) is 11.2 Å². The number of benzene rings is 1. The van der Waals surface area contributed by atoms with Gasteiger partial charge in [0.15, 0.2) is 5.17 Å². The number of hydrogen-bond donors (Lipinski definition) is 2. The van der Waals surface area contributed by atoms with Crippen LogP contribution in [0.4, 0.5) is 5.69 Å². The number of furan rings is 1. The van der Waals surface area contributed by atoms with Crippen LogP contribution in [-0.4, -0.2) is 16.2 Å². The maximum absolute atomic E-state index is 11.9. The van der Waals surface area contributed by atoms with E-state index in [0.717, 1.165) is 5.56 Å². The van der Waals surface area contributed by atoms with E-state index in [9.17, 15) is 9.90 Å². The van der Waals surface area contributed by atoms with E-state index in [4.69, 9.17) is 4.42 Å². The molecule has 21 heavy (non-hydrogen) atoms. The molecular weight excluding hydrogens is 288 g/mol. The van der Waals surface area contributed by atoms with E-state index in [0.29, 0.717) is 21.5 Å². The number of amides is 1. The number of carbonyl (C=O) groups excluding carboxylic acids is 1. The molecule has 0 unspecified atom stereocenters. The van der Waals surface area contributed by atoms with Gasteiger partial charge in [0, 0.05) is 6.08 Å². The number of phenols is 1. The maximum atomic E-state index is 11.9. The highest BCUT2D eigenvalue weighted by atomic mass is 32.2. The van der Waals surface area contributed by atoms with Crippen molar-refractivity contribution >= 4 is 34.6 Å². The first-order valence-electron chi connectivity index (χ1n) is 6.24. The van der Waals surface area contributed by atoms with Crippen LogP contribution in [0.15, 0.2) is 50.9 Å². The van der Waals surface area contributed by atoms with E-state index in [1.54, 1.807) is 36.6 Å². The number of aliphatic imine (C=N–C) groups is 1. The number of aryl methyl sites for hydroxylation is 1. The maximum Gasteiger partial charge on any atom is 0.264 e. The first-order chi connectivity index (χ1) is 10.1. The van der Waals surface area contributed by atoms with E-state index in [1.807, 2.05) is 13.0 Å². The third kappa shape index (κ3) is 3.00. The number of aromatic hydroxyl groups is 1. The Morgan fingerprint density at radius 1 is 1.38 bits per heavy atom. The van der Waals surface area contributed by atoms with Crippen molar-refractivity contribution in [3.63, 3.8) is 0 Å². The van der Waals surface area contributed by atoms with Crippen LogP contribution < -0.4 is 5.32 Å². The van der Waals surface area contributed by atoms with Crippen LogP contribution in [0.3, 0.4) is 0 Å². The minimum absolute atomic E-state index is 0.0841. The fourth-order valence-corrected chi connectivity index (χ4v) is 2.64. The molecule has 1 saturated heterocycles. The zero-order chi connectivity index (χ0) is 14.8. The van der Waals surface area contributed by atoms with E-state index < -0.39 is 0 Å². The van der Waals surface area contributed by atoms with Gasteiger partial charge in [0.2, 0.25) is 0 Å². The number of nitrogens with zero attached hydrogens (tertiary/aromatic N) is 1. The second kappa shape index (κ2) is 5.49. The lowest BCUT2D eigenvalue weighted by Crippen LogP contribution is -2.19. The molecule has 0 radical (unpaired) electrons. The zero-order valence-electron chi connectivity index (χ0n) is 11.2. The van der Waals surface area contributed by atoms with Gasteiger partial charge >= 0.3 is 0 Å². The van der Waals surface area contributed by atoms with E-state index >= 15 is 0 Å². The van der Waals surface area contributed by atoms with E-state index in [-0.39, 0.29) is 11.7 Å². The predicted octanol–water partition coefficient (Wildman–Crippen LogP) is 3.19. The van der Waals surface area contributed by atoms with Crippen molar-refractivity contribution in [3.8, 4) is 5.75 Å². The van der Waals surface area contributed by atoms with Crippen LogP contribution in [0.5, 0.6) is 5.75 Å². The quantitative estimate of drug-likeness (QED) is 0.835. The second-order valence-corrected chi connectivity index (χ2v) is 5.52. The number of rotatable bonds is 2. The van der Waals surface area contributed by atoms with Gasteiger partial charge in [-0.15, -0.1) is 0 Å². The van der Waals surface area contributed by atoms with Crippen LogP contribution in [-0.2, 0) is 4.79 Å². The van der Waals surface area contributed by atoms with E-state index in [1.165, 1.54) is 11.8 Å². The van der Waals surface area contributed by atoms with Crippen LogP contribution in [0.1, 0.15) is 11.3 Å². The van der Waals surface area contributed by atoms with Gasteiger partial charge in [-0.1, -0.05) is 6.07 Å². The summed E-state index contributed by atoms with van der Waals surface area (Å²) in [5.41, 5.74) is 1.36. The topological polar surface area (TPSA) is 74.8 Å². The SMILES string of the molecule is Cc1ccc(N=C2NC(=O)/C(=C/c3ccco3)S2)c(O)c1. The predicted molar refractivity (Wildman–Crippen MR) is 82.4 cm³/mol. The fourth-order valence-electron chi connectivity index (χ4n) is 1.82. The lowest BCUT2D eigenvalue weighted by Gasteiger charge is -2.01. The van der Waals surface area contributed by atoms with Gasteiger partial charge in [0.1, 0.15) is 17.2 Å². The van der Waals surface area contributed by atoms with Crippen molar-refractivity contribution < 1.29 is 14.3 Å². The second-order valence-electron chi connectivity index (χ2n) is 4.49. The lowest BCUT2D eigenvalue weighted by molar-refractivity contribution is -0.115. The summed E-state index contributed by atoms with van der Waals surface area (Å²) in [6.45, 7) is 1.88. The molecule has 0 bridgehead atoms. The Balaban J connectivity index is 1.85. The summed E-state index contributed by atoms with van der Waals surface area (Å²) in [5.74, 6) is 0.453. The summed E-state index contributed by atoms with van der Waals surface area (Å²) < 4.78 is 5.18. The Morgan fingerprint density at radius 2 is 2.24 bits per heavy atom. The summed E-state index contributed by atoms with van der Waals surface area (Å²) in [4.78, 5) is 16.6. The van der Waals surface area contributed by atoms with Gasteiger partial charge in [-0.2, -0.15) is 0 Å². The Kier molecular flexibility index (Phi) is 3.53. The molecule has 2 heterocycles. The van der Waals surface area contributed by atoms with Crippen molar-refractivity contribution in [3.05, 3.63) is 52.8 Å². The van der Waals surface area contributed by atoms with Gasteiger partial charge < -0.3 is 14.8 Å². The molecule has 1 aliphatic heterocycles. The van der Waals surface area contributed by atoms with Crippen LogP contribution >= 0.6 is 11.8 Å². The molecule has 2 aromatic rings. The molecule has 0 atom stereocenters. The minimum atomic E-state index is -0.234. The monoisotopic (exact) mass is 300 g/mol. The molecule has 0 saturated carbocycles. The summed E-state index contributed by atoms with van der Waals surface area (Å²) in [6, 6.07) is 8.70. The standard InChI is InChI=1S/C15H12N2O3S/c1-9-4-5-11(12(18)7-9)16-15-17-14(19)13(21-15)8-10-3-2-6-20-10/h2-8,18H,1H3,(H,16,17,19)/b13-8-. The number of carbonyl (C=O) groups is 1. The number of nitrogens with one attached hydrogen (secondary N) is 1. The summed E-state index contributed by atoms with van der Waals surface area (Å²) >= 11 is 1.20. The van der Waals surface area contributed by atoms with Gasteiger partial charge in [-0.05, 0) is 48.5 Å². The summed E-state index contributed by atoms with van der Waals surface area (Å²) in [5, 5.41) is 12.9. The number of hydrogen-bond acceptors (Lipinski definition) is 5. The molecular formula is C15H12N2O3S. The van der Waals surface area contributed by atoms with Crippen molar-refractivity contribution in [1.29, 1.82) is 0 Å². The average Bonchev–Trinajstić information content (AvgIpc) is 3.04. The molecule has 106 valence electrons. The molecule has 1 aliphatic rings. The molecule has 0 spiro atoms. The molecule has 2 N–H and O–H groups in total. The Hall–Kier alpha value is -2.47. The van der Waals surface area contributed by atoms with Gasteiger partial charge in [-0.3, -0.25) is 4.79 Å². The normalized spacial score (nSPS) is 18.4. The number of thioether (sulfide) groups is 1. The van der Waals surface area contributed by atoms with Gasteiger partial charge in [-0.25, -0.2) is 4.99 Å². The smallest absolute Gasteiger partial charge is 0.264 e. The zero-order valence-corrected chi connectivity index (χ0v) is 12.0. The summed E-state index contributed by atoms with van der Waals surface area (Å²) in [6.07, 6.45) is 3.20. The third-order valence-corrected chi connectivity index (χ3v) is 3.73. The lowest BCUT2D eigenvalue weighted by atomic mass is 10.2. The molecule has 3 rings (SSSR count). The minimum Gasteiger partial charge on any atom is -0.506 e. The van der Waals surface area contributed by atoms with E-state index in [2.05, 4.69) is 10.3 Å². The van der Waals surface area contributed by atoms with Crippen molar-refractivity contribution in [2.75, 3.05) is 0 Å². The molecule has 1 aromatic heterocycles. The first kappa shape index (κ1) is 13.5. The Bertz CT molecular complexity index is 748. The molecule has 0 aliphatic carbocycles. The van der Waals surface area contributed by atoms with Crippen LogP contribution in [0.25, 0.3) is 6.08 Å². The van der Waals surface area contributed by atoms with Crippen molar-refractivity contribution in [2.45, 2.75) is 6.92 Å². The molecule has 1 amide bonds. The number of amidine groups is 1. The molecule has 6 heteroatoms. The highest BCUT2D eigenvalue weighted by molar-refractivity contribution is 8.18. The number of phenolic OH excluding ortho intramolecular Hbond substituents is 1. The molecule has 5 nitrogen and oxygen atoms in total. The van der Waals surface area contributed by atoms with Crippen molar-refractivity contribution in [2.24, 2.45) is 4.99 Å².